The quantitative estimate of drug-likeness (QED) is 0.417. The Morgan fingerprint density at radius 1 is 1.12 bits per heavy atom. The van der Waals surface area contributed by atoms with Crippen LogP contribution >= 0.6 is 0 Å². The van der Waals surface area contributed by atoms with Crippen LogP contribution in [0.5, 0.6) is 0 Å². The Bertz CT molecular complexity index is 692. The molecule has 0 saturated carbocycles. The smallest absolute Gasteiger partial charge is 0.261 e. The Morgan fingerprint density at radius 3 is 2.19 bits per heavy atom. The molecule has 0 aliphatic carbocycles. The second-order valence-electron chi connectivity index (χ2n) is 7.75. The van der Waals surface area contributed by atoms with Gasteiger partial charge in [-0.15, -0.1) is 0 Å². The highest BCUT2D eigenvalue weighted by Gasteiger charge is 2.35. The maximum absolute atomic E-state index is 12.5. The normalized spacial score (nSPS) is 14.7. The summed E-state index contributed by atoms with van der Waals surface area (Å²) in [5.41, 5.74) is 4.78. The molecule has 2 rings (SSSR count). The molecule has 2 amide bonds. The van der Waals surface area contributed by atoms with Gasteiger partial charge < -0.3 is 0 Å². The van der Waals surface area contributed by atoms with Crippen LogP contribution in [0.3, 0.4) is 0 Å². The molecule has 0 aromatic heterocycles. The molecule has 0 unspecified atom stereocenters. The molecule has 1 aromatic rings. The average Bonchev–Trinajstić information content (AvgIpc) is 2.83. The van der Waals surface area contributed by atoms with E-state index in [2.05, 4.69) is 34.3 Å². The molecule has 26 heavy (non-hydrogen) atoms. The van der Waals surface area contributed by atoms with Gasteiger partial charge in [-0.2, -0.15) is 0 Å². The molecule has 0 spiro atoms. The molecule has 0 saturated heterocycles. The van der Waals surface area contributed by atoms with Crippen LogP contribution in [-0.2, 0) is 0 Å². The zero-order valence-corrected chi connectivity index (χ0v) is 16.6. The summed E-state index contributed by atoms with van der Waals surface area (Å²) in [4.78, 5) is 26.4. The fourth-order valence-electron chi connectivity index (χ4n) is 3.56. The van der Waals surface area contributed by atoms with Crippen molar-refractivity contribution in [2.24, 2.45) is 5.92 Å². The molecule has 3 heteroatoms. The van der Waals surface area contributed by atoms with Crippen molar-refractivity contribution in [1.82, 2.24) is 4.90 Å². The Kier molecular flexibility index (Phi) is 6.96. The van der Waals surface area contributed by atoms with Crippen LogP contribution in [0.25, 0.3) is 0 Å². The Labute approximate surface area is 157 Å². The number of fused-ring (bicyclic) bond motifs is 1. The zero-order chi connectivity index (χ0) is 19.3. The fourth-order valence-corrected chi connectivity index (χ4v) is 3.56. The van der Waals surface area contributed by atoms with Crippen LogP contribution in [0.1, 0.15) is 80.5 Å². The van der Waals surface area contributed by atoms with Gasteiger partial charge in [-0.05, 0) is 50.7 Å². The van der Waals surface area contributed by atoms with Gasteiger partial charge in [-0.1, -0.05) is 62.6 Å². The first-order valence-corrected chi connectivity index (χ1v) is 9.64. The summed E-state index contributed by atoms with van der Waals surface area (Å²) in [7, 11) is 0. The van der Waals surface area contributed by atoms with Crippen molar-refractivity contribution in [1.29, 1.82) is 0 Å². The number of hydrogen-bond acceptors (Lipinski definition) is 2. The van der Waals surface area contributed by atoms with Gasteiger partial charge in [0.2, 0.25) is 0 Å². The van der Waals surface area contributed by atoms with E-state index in [9.17, 15) is 9.59 Å². The Morgan fingerprint density at radius 2 is 1.69 bits per heavy atom. The third kappa shape index (κ3) is 4.72. The summed E-state index contributed by atoms with van der Waals surface area (Å²) in [6, 6.07) is 7.03. The van der Waals surface area contributed by atoms with E-state index >= 15 is 0 Å². The van der Waals surface area contributed by atoms with Gasteiger partial charge >= 0.3 is 0 Å². The summed E-state index contributed by atoms with van der Waals surface area (Å²) in [6.45, 7) is 13.3. The van der Waals surface area contributed by atoms with Gasteiger partial charge in [0.05, 0.1) is 17.7 Å². The summed E-state index contributed by atoms with van der Waals surface area (Å²) < 4.78 is 0. The van der Waals surface area contributed by atoms with Crippen LogP contribution in [0, 0.1) is 5.92 Å². The molecule has 1 aliphatic heterocycles. The molecule has 140 valence electrons. The zero-order valence-electron chi connectivity index (χ0n) is 16.6. The number of imide groups is 1. The number of rotatable bonds is 9. The molecule has 0 bridgehead atoms. The second kappa shape index (κ2) is 8.98. The van der Waals surface area contributed by atoms with E-state index in [4.69, 9.17) is 0 Å². The van der Waals surface area contributed by atoms with Gasteiger partial charge in [0.25, 0.3) is 11.8 Å². The number of carbonyl (C=O) groups is 2. The first kappa shape index (κ1) is 20.2. The van der Waals surface area contributed by atoms with E-state index in [0.717, 1.165) is 37.7 Å². The van der Waals surface area contributed by atoms with Gasteiger partial charge in [-0.3, -0.25) is 14.5 Å². The number of amides is 2. The molecular formula is C23H31NO2. The predicted octanol–water partition coefficient (Wildman–Crippen LogP) is 5.78. The Balaban J connectivity index is 2.09. The molecule has 3 nitrogen and oxygen atoms in total. The predicted molar refractivity (Wildman–Crippen MR) is 107 cm³/mol. The highest BCUT2D eigenvalue weighted by Crippen LogP contribution is 2.27. The third-order valence-electron chi connectivity index (χ3n) is 4.87. The first-order chi connectivity index (χ1) is 12.3. The van der Waals surface area contributed by atoms with Gasteiger partial charge in [-0.25, -0.2) is 0 Å². The number of benzene rings is 1. The van der Waals surface area contributed by atoms with Gasteiger partial charge in [0, 0.05) is 0 Å². The van der Waals surface area contributed by atoms with Crippen molar-refractivity contribution in [2.45, 2.75) is 59.8 Å². The van der Waals surface area contributed by atoms with Crippen LogP contribution in [0.15, 0.2) is 47.6 Å². The summed E-state index contributed by atoms with van der Waals surface area (Å²) in [6.07, 6.45) is 5.23. The molecule has 1 heterocycles. The second-order valence-corrected chi connectivity index (χ2v) is 7.75. The maximum Gasteiger partial charge on any atom is 0.261 e. The number of allylic oxidation sites excluding steroid dienone is 2. The SMILES string of the molecule is C=C(C/C(CCCC)=C(\C)CC(C)C)CN1C(=O)c2ccccc2C1=O. The number of carbonyl (C=O) groups excluding carboxylic acids is 2. The van der Waals surface area contributed by atoms with Crippen molar-refractivity contribution < 1.29 is 9.59 Å². The van der Waals surface area contributed by atoms with Gasteiger partial charge in [0.15, 0.2) is 0 Å². The highest BCUT2D eigenvalue weighted by molar-refractivity contribution is 6.21. The van der Waals surface area contributed by atoms with Crippen LogP contribution in [0.4, 0.5) is 0 Å². The van der Waals surface area contributed by atoms with Gasteiger partial charge in [0.1, 0.15) is 0 Å². The van der Waals surface area contributed by atoms with Crippen LogP contribution < -0.4 is 0 Å². The van der Waals surface area contributed by atoms with E-state index in [1.54, 1.807) is 24.3 Å². The number of hydrogen-bond donors (Lipinski definition) is 0. The summed E-state index contributed by atoms with van der Waals surface area (Å²) in [5, 5.41) is 0. The largest absolute Gasteiger partial charge is 0.270 e. The molecule has 1 aromatic carbocycles. The fraction of sp³-hybridized carbons (Fsp3) is 0.478. The molecule has 0 N–H and O–H groups in total. The lowest BCUT2D eigenvalue weighted by Crippen LogP contribution is -2.31. The molecule has 1 aliphatic rings. The maximum atomic E-state index is 12.5. The van der Waals surface area contributed by atoms with E-state index < -0.39 is 0 Å². The van der Waals surface area contributed by atoms with Crippen LogP contribution in [-0.4, -0.2) is 23.3 Å². The first-order valence-electron chi connectivity index (χ1n) is 9.64. The highest BCUT2D eigenvalue weighted by atomic mass is 16.2. The van der Waals surface area contributed by atoms with Crippen molar-refractivity contribution in [3.05, 3.63) is 58.7 Å². The minimum absolute atomic E-state index is 0.204. The number of unbranched alkanes of at least 4 members (excludes halogenated alkanes) is 1. The van der Waals surface area contributed by atoms with Crippen molar-refractivity contribution in [3.8, 4) is 0 Å². The van der Waals surface area contributed by atoms with Crippen molar-refractivity contribution in [3.63, 3.8) is 0 Å². The lowest BCUT2D eigenvalue weighted by molar-refractivity contribution is 0.0667. The van der Waals surface area contributed by atoms with E-state index in [0.29, 0.717) is 23.6 Å². The molecule has 0 fully saturated rings. The topological polar surface area (TPSA) is 37.4 Å². The summed E-state index contributed by atoms with van der Waals surface area (Å²) >= 11 is 0. The van der Waals surface area contributed by atoms with E-state index in [1.165, 1.54) is 16.0 Å². The molecule has 0 radical (unpaired) electrons. The monoisotopic (exact) mass is 353 g/mol. The number of nitrogens with zero attached hydrogens (tertiary/aromatic N) is 1. The van der Waals surface area contributed by atoms with E-state index in [1.807, 2.05) is 0 Å². The minimum atomic E-state index is -0.204. The van der Waals surface area contributed by atoms with Crippen LogP contribution in [0.2, 0.25) is 0 Å². The summed E-state index contributed by atoms with van der Waals surface area (Å²) in [5.74, 6) is 0.214. The average molecular weight is 354 g/mol. The van der Waals surface area contributed by atoms with Crippen molar-refractivity contribution >= 4 is 11.8 Å². The Hall–Kier alpha value is -2.16. The standard InChI is InChI=1S/C23H31NO2/c1-6-7-10-19(18(5)13-16(2)3)14-17(4)15-24-22(25)20-11-8-9-12-21(20)23(24)26/h8-9,11-12,16H,4,6-7,10,13-15H2,1-3,5H3/b19-18+. The third-order valence-corrected chi connectivity index (χ3v) is 4.87. The lowest BCUT2D eigenvalue weighted by atomic mass is 9.92. The lowest BCUT2D eigenvalue weighted by Gasteiger charge is -2.19. The minimum Gasteiger partial charge on any atom is -0.270 e. The van der Waals surface area contributed by atoms with Crippen molar-refractivity contribution in [2.75, 3.05) is 6.54 Å². The van der Waals surface area contributed by atoms with E-state index in [-0.39, 0.29) is 11.8 Å². The molecular weight excluding hydrogens is 322 g/mol. The molecule has 0 atom stereocenters.